The number of benzene rings is 1. The average Bonchev–Trinajstić information content (AvgIpc) is 3.35. The number of fused-ring (bicyclic) bond motifs is 2. The zero-order chi connectivity index (χ0) is 20.9. The molecule has 0 atom stereocenters. The van der Waals surface area contributed by atoms with Gasteiger partial charge in [-0.1, -0.05) is 11.6 Å². The molecule has 0 radical (unpaired) electrons. The van der Waals surface area contributed by atoms with Crippen molar-refractivity contribution in [3.8, 4) is 0 Å². The van der Waals surface area contributed by atoms with Crippen LogP contribution >= 0.6 is 11.6 Å². The van der Waals surface area contributed by atoms with Gasteiger partial charge in [-0.05, 0) is 81.5 Å². The van der Waals surface area contributed by atoms with E-state index in [2.05, 4.69) is 4.98 Å². The van der Waals surface area contributed by atoms with E-state index in [1.54, 1.807) is 20.8 Å². The highest BCUT2D eigenvalue weighted by molar-refractivity contribution is 6.32. The molecule has 2 aliphatic carbocycles. The summed E-state index contributed by atoms with van der Waals surface area (Å²) in [5.41, 5.74) is 3.80. The van der Waals surface area contributed by atoms with Crippen LogP contribution in [-0.4, -0.2) is 27.8 Å². The van der Waals surface area contributed by atoms with Crippen molar-refractivity contribution >= 4 is 35.4 Å². The minimum absolute atomic E-state index is 0.109. The summed E-state index contributed by atoms with van der Waals surface area (Å²) in [6.45, 7) is 5.33. The van der Waals surface area contributed by atoms with E-state index in [-0.39, 0.29) is 11.7 Å². The first-order chi connectivity index (χ1) is 13.7. The molecule has 7 nitrogen and oxygen atoms in total. The predicted molar refractivity (Wildman–Crippen MR) is 107 cm³/mol. The molecule has 0 spiro atoms. The number of carboxylic acids is 1. The zero-order valence-electron chi connectivity index (χ0n) is 16.7. The number of ether oxygens (including phenoxy) is 1. The maximum atomic E-state index is 13.2. The molecule has 8 heteroatoms. The molecule has 0 saturated heterocycles. The summed E-state index contributed by atoms with van der Waals surface area (Å²) < 4.78 is 11.1. The summed E-state index contributed by atoms with van der Waals surface area (Å²) in [7, 11) is 0. The minimum Gasteiger partial charge on any atom is -0.476 e. The Hall–Kier alpha value is -2.54. The van der Waals surface area contributed by atoms with Crippen LogP contribution in [-0.2, 0) is 30.4 Å². The highest BCUT2D eigenvalue weighted by Crippen LogP contribution is 2.47. The quantitative estimate of drug-likeness (QED) is 0.747. The fourth-order valence-electron chi connectivity index (χ4n) is 4.17. The predicted octanol–water partition coefficient (Wildman–Crippen LogP) is 5.08. The molecule has 1 aromatic carbocycles. The molecule has 1 N–H and O–H groups in total. The first-order valence-electron chi connectivity index (χ1n) is 9.74. The van der Waals surface area contributed by atoms with E-state index in [0.717, 1.165) is 72.1 Å². The molecular formula is C21H23ClN2O5. The van der Waals surface area contributed by atoms with Crippen LogP contribution in [0.15, 0.2) is 10.7 Å². The van der Waals surface area contributed by atoms with Gasteiger partial charge in [0.15, 0.2) is 5.69 Å². The van der Waals surface area contributed by atoms with Crippen LogP contribution in [0, 0.1) is 0 Å². The van der Waals surface area contributed by atoms with Crippen molar-refractivity contribution in [3.05, 3.63) is 39.2 Å². The first kappa shape index (κ1) is 19.8. The smallest absolute Gasteiger partial charge is 0.423 e. The number of nitrogens with zero attached hydrogens (tertiary/aromatic N) is 2. The van der Waals surface area contributed by atoms with E-state index in [1.807, 2.05) is 0 Å². The second-order valence-electron chi connectivity index (χ2n) is 8.42. The van der Waals surface area contributed by atoms with Gasteiger partial charge in [-0.15, -0.1) is 0 Å². The van der Waals surface area contributed by atoms with Gasteiger partial charge in [0, 0.05) is 5.02 Å². The van der Waals surface area contributed by atoms with E-state index < -0.39 is 17.7 Å². The monoisotopic (exact) mass is 418 g/mol. The lowest BCUT2D eigenvalue weighted by Gasteiger charge is -2.28. The molecule has 2 aliphatic rings. The number of carboxylic acid groups (broad SMARTS) is 1. The van der Waals surface area contributed by atoms with E-state index in [9.17, 15) is 14.7 Å². The van der Waals surface area contributed by atoms with Crippen LogP contribution in [0.3, 0.4) is 0 Å². The molecule has 2 aromatic rings. The Balaban J connectivity index is 1.93. The summed E-state index contributed by atoms with van der Waals surface area (Å²) >= 11 is 6.70. The summed E-state index contributed by atoms with van der Waals surface area (Å²) in [4.78, 5) is 29.9. The van der Waals surface area contributed by atoms with Crippen molar-refractivity contribution in [2.75, 3.05) is 4.90 Å². The Bertz CT molecular complexity index is 970. The second kappa shape index (κ2) is 7.06. The van der Waals surface area contributed by atoms with Gasteiger partial charge in [0.1, 0.15) is 11.9 Å². The Morgan fingerprint density at radius 3 is 2.14 bits per heavy atom. The Kier molecular flexibility index (Phi) is 4.81. The van der Waals surface area contributed by atoms with E-state index in [0.29, 0.717) is 5.69 Å². The molecule has 0 unspecified atom stereocenters. The van der Waals surface area contributed by atoms with Gasteiger partial charge in [0.2, 0.25) is 0 Å². The Morgan fingerprint density at radius 2 is 1.66 bits per heavy atom. The van der Waals surface area contributed by atoms with Crippen LogP contribution in [0.5, 0.6) is 0 Å². The van der Waals surface area contributed by atoms with E-state index >= 15 is 0 Å². The van der Waals surface area contributed by atoms with Gasteiger partial charge in [-0.2, -0.15) is 9.88 Å². The fourth-order valence-corrected chi connectivity index (χ4v) is 4.58. The third-order valence-corrected chi connectivity index (χ3v) is 5.70. The SMILES string of the molecule is CC(C)(C)OC(=O)N(c1nc(C(=O)O)co1)c1c2c(c(Cl)c3c1CCC3)CCC2. The van der Waals surface area contributed by atoms with Crippen LogP contribution in [0.2, 0.25) is 5.02 Å². The van der Waals surface area contributed by atoms with Gasteiger partial charge in [0.25, 0.3) is 0 Å². The minimum atomic E-state index is -1.23. The standard InChI is InChI=1S/C21H23ClN2O5/c1-21(2,3)29-20(27)24(19-23-15(10-28-19)18(25)26)17-13-8-4-6-11(13)16(22)12-7-5-9-14(12)17/h10H,4-9H2,1-3H3,(H,25,26). The summed E-state index contributed by atoms with van der Waals surface area (Å²) in [5, 5.41) is 10.0. The van der Waals surface area contributed by atoms with Crippen molar-refractivity contribution in [1.82, 2.24) is 4.98 Å². The normalized spacial score (nSPS) is 15.2. The second-order valence-corrected chi connectivity index (χ2v) is 8.80. The lowest BCUT2D eigenvalue weighted by Crippen LogP contribution is -2.35. The van der Waals surface area contributed by atoms with Gasteiger partial charge < -0.3 is 14.3 Å². The number of aromatic carboxylic acids is 1. The summed E-state index contributed by atoms with van der Waals surface area (Å²) in [5.74, 6) is -1.23. The topological polar surface area (TPSA) is 92.9 Å². The van der Waals surface area contributed by atoms with Crippen LogP contribution < -0.4 is 4.90 Å². The lowest BCUT2D eigenvalue weighted by atomic mass is 9.97. The molecule has 1 aromatic heterocycles. The van der Waals surface area contributed by atoms with Gasteiger partial charge in [0.05, 0.1) is 5.69 Å². The number of oxazole rings is 1. The molecule has 29 heavy (non-hydrogen) atoms. The maximum absolute atomic E-state index is 13.2. The van der Waals surface area contributed by atoms with Crippen molar-refractivity contribution in [3.63, 3.8) is 0 Å². The largest absolute Gasteiger partial charge is 0.476 e. The number of rotatable bonds is 3. The fraction of sp³-hybridized carbons (Fsp3) is 0.476. The zero-order valence-corrected chi connectivity index (χ0v) is 17.4. The molecule has 1 heterocycles. The molecular weight excluding hydrogens is 396 g/mol. The molecule has 4 rings (SSSR count). The molecule has 0 fully saturated rings. The van der Waals surface area contributed by atoms with Crippen LogP contribution in [0.1, 0.15) is 66.4 Å². The average molecular weight is 419 g/mol. The number of hydrogen-bond acceptors (Lipinski definition) is 5. The van der Waals surface area contributed by atoms with Crippen molar-refractivity contribution in [2.45, 2.75) is 64.9 Å². The third-order valence-electron chi connectivity index (χ3n) is 5.24. The number of halogens is 1. The number of aromatic nitrogens is 1. The van der Waals surface area contributed by atoms with Crippen LogP contribution in [0.4, 0.5) is 16.5 Å². The molecule has 1 amide bonds. The number of hydrogen-bond donors (Lipinski definition) is 1. The highest BCUT2D eigenvalue weighted by Gasteiger charge is 2.37. The summed E-state index contributed by atoms with van der Waals surface area (Å²) in [6.07, 6.45) is 5.53. The third kappa shape index (κ3) is 3.48. The maximum Gasteiger partial charge on any atom is 0.423 e. The van der Waals surface area contributed by atoms with Crippen molar-refractivity contribution in [1.29, 1.82) is 0 Å². The Morgan fingerprint density at radius 1 is 1.10 bits per heavy atom. The van der Waals surface area contributed by atoms with E-state index in [1.165, 1.54) is 4.90 Å². The van der Waals surface area contributed by atoms with E-state index in [4.69, 9.17) is 20.8 Å². The molecule has 0 bridgehead atoms. The number of amides is 1. The number of anilines is 2. The highest BCUT2D eigenvalue weighted by atomic mass is 35.5. The molecule has 154 valence electrons. The van der Waals surface area contributed by atoms with Crippen molar-refractivity contribution in [2.24, 2.45) is 0 Å². The first-order valence-corrected chi connectivity index (χ1v) is 10.1. The molecule has 0 aliphatic heterocycles. The number of carbonyl (C=O) groups is 2. The summed E-state index contributed by atoms with van der Waals surface area (Å²) in [6, 6.07) is -0.109. The Labute approximate surface area is 173 Å². The van der Waals surface area contributed by atoms with Crippen LogP contribution in [0.25, 0.3) is 0 Å². The van der Waals surface area contributed by atoms with Crippen molar-refractivity contribution < 1.29 is 23.8 Å². The number of carbonyl (C=O) groups excluding carboxylic acids is 1. The lowest BCUT2D eigenvalue weighted by molar-refractivity contribution is 0.0590. The van der Waals surface area contributed by atoms with Gasteiger partial charge in [-0.3, -0.25) is 0 Å². The molecule has 0 saturated carbocycles. The van der Waals surface area contributed by atoms with Gasteiger partial charge in [-0.25, -0.2) is 9.59 Å². The van der Waals surface area contributed by atoms with Gasteiger partial charge >= 0.3 is 18.1 Å².